The van der Waals surface area contributed by atoms with Gasteiger partial charge in [0.1, 0.15) is 5.60 Å². The zero-order valence-electron chi connectivity index (χ0n) is 7.26. The Bertz CT molecular complexity index is 156. The standard InChI is InChI=1S/C8H15NO2/c1-8(2,3)11-7(10)5-4-6-9/h4-5H,6,9H2,1-3H3. The molecule has 64 valence electrons. The summed E-state index contributed by atoms with van der Waals surface area (Å²) in [4.78, 5) is 10.9. The van der Waals surface area contributed by atoms with Crippen LogP contribution in [0.3, 0.4) is 0 Å². The van der Waals surface area contributed by atoms with Gasteiger partial charge in [0, 0.05) is 12.6 Å². The summed E-state index contributed by atoms with van der Waals surface area (Å²) >= 11 is 0. The number of carbonyl (C=O) groups is 1. The van der Waals surface area contributed by atoms with E-state index in [-0.39, 0.29) is 5.97 Å². The van der Waals surface area contributed by atoms with E-state index in [4.69, 9.17) is 10.5 Å². The van der Waals surface area contributed by atoms with Gasteiger partial charge in [-0.1, -0.05) is 6.08 Å². The molecule has 0 radical (unpaired) electrons. The van der Waals surface area contributed by atoms with Gasteiger partial charge in [0.2, 0.25) is 0 Å². The highest BCUT2D eigenvalue weighted by Gasteiger charge is 2.13. The molecule has 0 unspecified atom stereocenters. The first-order chi connectivity index (χ1) is 4.95. The van der Waals surface area contributed by atoms with Crippen LogP contribution in [0, 0.1) is 0 Å². The Morgan fingerprint density at radius 1 is 1.55 bits per heavy atom. The van der Waals surface area contributed by atoms with Gasteiger partial charge in [-0.25, -0.2) is 4.79 Å². The molecule has 0 fully saturated rings. The van der Waals surface area contributed by atoms with Crippen LogP contribution < -0.4 is 5.73 Å². The largest absolute Gasteiger partial charge is 0.457 e. The third-order valence-corrected chi connectivity index (χ3v) is 0.797. The van der Waals surface area contributed by atoms with Gasteiger partial charge in [-0.15, -0.1) is 0 Å². The molecule has 3 heteroatoms. The van der Waals surface area contributed by atoms with Crippen LogP contribution in [0.25, 0.3) is 0 Å². The number of hydrogen-bond acceptors (Lipinski definition) is 3. The van der Waals surface area contributed by atoms with Gasteiger partial charge in [0.25, 0.3) is 0 Å². The molecule has 0 saturated carbocycles. The molecule has 0 aromatic rings. The molecule has 0 aliphatic heterocycles. The number of ether oxygens (including phenoxy) is 1. The highest BCUT2D eigenvalue weighted by Crippen LogP contribution is 2.06. The van der Waals surface area contributed by atoms with Crippen LogP contribution in [0.15, 0.2) is 12.2 Å². The van der Waals surface area contributed by atoms with Crippen LogP contribution in [0.5, 0.6) is 0 Å². The maximum absolute atomic E-state index is 10.9. The van der Waals surface area contributed by atoms with Crippen LogP contribution in [0.1, 0.15) is 20.8 Å². The number of nitrogens with two attached hydrogens (primary N) is 1. The molecule has 11 heavy (non-hydrogen) atoms. The van der Waals surface area contributed by atoms with Crippen LogP contribution in [0.2, 0.25) is 0 Å². The molecule has 0 aromatic carbocycles. The quantitative estimate of drug-likeness (QED) is 0.477. The van der Waals surface area contributed by atoms with Gasteiger partial charge in [0.15, 0.2) is 0 Å². The molecule has 0 rings (SSSR count). The molecule has 0 amide bonds. The monoisotopic (exact) mass is 157 g/mol. The fourth-order valence-electron chi connectivity index (χ4n) is 0.500. The van der Waals surface area contributed by atoms with Crippen molar-refractivity contribution in [1.29, 1.82) is 0 Å². The van der Waals surface area contributed by atoms with Crippen molar-refractivity contribution in [3.05, 3.63) is 12.2 Å². The lowest BCUT2D eigenvalue weighted by Crippen LogP contribution is -2.22. The Morgan fingerprint density at radius 3 is 2.45 bits per heavy atom. The minimum atomic E-state index is -0.421. The zero-order valence-corrected chi connectivity index (χ0v) is 7.26. The van der Waals surface area contributed by atoms with E-state index in [0.29, 0.717) is 6.54 Å². The topological polar surface area (TPSA) is 52.3 Å². The van der Waals surface area contributed by atoms with Crippen LogP contribution >= 0.6 is 0 Å². The minimum Gasteiger partial charge on any atom is -0.457 e. The molecular weight excluding hydrogens is 142 g/mol. The molecule has 0 aliphatic carbocycles. The Hall–Kier alpha value is -0.830. The zero-order chi connectivity index (χ0) is 8.91. The second-order valence-corrected chi connectivity index (χ2v) is 3.17. The molecule has 0 saturated heterocycles. The van der Waals surface area contributed by atoms with Gasteiger partial charge in [0.05, 0.1) is 0 Å². The van der Waals surface area contributed by atoms with Crippen molar-refractivity contribution in [1.82, 2.24) is 0 Å². The average molecular weight is 157 g/mol. The maximum Gasteiger partial charge on any atom is 0.330 e. The van der Waals surface area contributed by atoms with Crippen molar-refractivity contribution in [2.24, 2.45) is 5.73 Å². The number of hydrogen-bond donors (Lipinski definition) is 1. The summed E-state index contributed by atoms with van der Waals surface area (Å²) in [6.07, 6.45) is 2.90. The predicted octanol–water partition coefficient (Wildman–Crippen LogP) is 0.843. The highest BCUT2D eigenvalue weighted by molar-refractivity contribution is 5.82. The van der Waals surface area contributed by atoms with E-state index in [0.717, 1.165) is 0 Å². The van der Waals surface area contributed by atoms with Gasteiger partial charge in [-0.05, 0) is 20.8 Å². The lowest BCUT2D eigenvalue weighted by molar-refractivity contribution is -0.148. The number of carbonyl (C=O) groups excluding carboxylic acids is 1. The van der Waals surface area contributed by atoms with Crippen LogP contribution in [0.4, 0.5) is 0 Å². The third kappa shape index (κ3) is 7.06. The van der Waals surface area contributed by atoms with Crippen molar-refractivity contribution < 1.29 is 9.53 Å². The molecule has 0 aromatic heterocycles. The first-order valence-electron chi connectivity index (χ1n) is 3.55. The van der Waals surface area contributed by atoms with Crippen LogP contribution in [-0.4, -0.2) is 18.1 Å². The van der Waals surface area contributed by atoms with E-state index < -0.39 is 5.60 Å². The summed E-state index contributed by atoms with van der Waals surface area (Å²) in [5.74, 6) is -0.344. The minimum absolute atomic E-state index is 0.344. The van der Waals surface area contributed by atoms with Gasteiger partial charge >= 0.3 is 5.97 Å². The van der Waals surface area contributed by atoms with E-state index >= 15 is 0 Å². The lowest BCUT2D eigenvalue weighted by Gasteiger charge is -2.17. The molecule has 2 N–H and O–H groups in total. The fraction of sp³-hybridized carbons (Fsp3) is 0.625. The molecule has 0 spiro atoms. The van der Waals surface area contributed by atoms with E-state index in [1.807, 2.05) is 20.8 Å². The van der Waals surface area contributed by atoms with E-state index in [9.17, 15) is 4.79 Å². The Morgan fingerprint density at radius 2 is 2.09 bits per heavy atom. The fourth-order valence-corrected chi connectivity index (χ4v) is 0.500. The summed E-state index contributed by atoms with van der Waals surface area (Å²) < 4.78 is 4.96. The predicted molar refractivity (Wildman–Crippen MR) is 44.0 cm³/mol. The van der Waals surface area contributed by atoms with E-state index in [2.05, 4.69) is 0 Å². The number of rotatable bonds is 2. The smallest absolute Gasteiger partial charge is 0.330 e. The average Bonchev–Trinajstić information content (AvgIpc) is 1.79. The van der Waals surface area contributed by atoms with Gasteiger partial charge in [-0.2, -0.15) is 0 Å². The van der Waals surface area contributed by atoms with Crippen LogP contribution in [-0.2, 0) is 9.53 Å². The highest BCUT2D eigenvalue weighted by atomic mass is 16.6. The van der Waals surface area contributed by atoms with Crippen molar-refractivity contribution in [3.8, 4) is 0 Å². The maximum atomic E-state index is 10.9. The summed E-state index contributed by atoms with van der Waals surface area (Å²) in [7, 11) is 0. The third-order valence-electron chi connectivity index (χ3n) is 0.797. The second-order valence-electron chi connectivity index (χ2n) is 3.17. The van der Waals surface area contributed by atoms with E-state index in [1.165, 1.54) is 6.08 Å². The van der Waals surface area contributed by atoms with Crippen molar-refractivity contribution >= 4 is 5.97 Å². The molecular formula is C8H15NO2. The van der Waals surface area contributed by atoms with Gasteiger partial charge in [-0.3, -0.25) is 0 Å². The summed E-state index contributed by atoms with van der Waals surface area (Å²) in [5.41, 5.74) is 4.73. The van der Waals surface area contributed by atoms with Gasteiger partial charge < -0.3 is 10.5 Å². The van der Waals surface area contributed by atoms with Crippen molar-refractivity contribution in [3.63, 3.8) is 0 Å². The number of esters is 1. The first-order valence-corrected chi connectivity index (χ1v) is 3.55. The van der Waals surface area contributed by atoms with Crippen molar-refractivity contribution in [2.75, 3.05) is 6.54 Å². The summed E-state index contributed by atoms with van der Waals surface area (Å²) in [6.45, 7) is 5.82. The summed E-state index contributed by atoms with van der Waals surface area (Å²) in [6, 6.07) is 0. The first kappa shape index (κ1) is 10.2. The van der Waals surface area contributed by atoms with Crippen molar-refractivity contribution in [2.45, 2.75) is 26.4 Å². The molecule has 0 atom stereocenters. The summed E-state index contributed by atoms with van der Waals surface area (Å²) in [5, 5.41) is 0. The Labute approximate surface area is 67.2 Å². The normalized spacial score (nSPS) is 12.0. The van der Waals surface area contributed by atoms with E-state index in [1.54, 1.807) is 6.08 Å². The molecule has 0 bridgehead atoms. The lowest BCUT2D eigenvalue weighted by atomic mass is 10.2. The Balaban J connectivity index is 3.80. The molecule has 0 heterocycles. The molecule has 0 aliphatic rings. The molecule has 3 nitrogen and oxygen atoms in total. The Kier molecular flexibility index (Phi) is 3.82. The SMILES string of the molecule is CC(C)(C)OC(=O)C=CCN. The second kappa shape index (κ2) is 4.13.